The van der Waals surface area contributed by atoms with E-state index in [1.165, 1.54) is 4.90 Å². The monoisotopic (exact) mass is 457 g/mol. The number of carbonyl (C=O) groups excluding carboxylic acids is 2. The Kier molecular flexibility index (Phi) is 7.94. The number of amides is 1. The number of benzene rings is 2. The number of Topliss-reactive ketones (excluding diaryl/α,β-unsaturated/α-hetero) is 1. The lowest BCUT2D eigenvalue weighted by atomic mass is 9.95. The molecule has 1 aliphatic heterocycles. The van der Waals surface area contributed by atoms with Crippen molar-refractivity contribution in [2.45, 2.75) is 26.3 Å². The lowest BCUT2D eigenvalue weighted by Crippen LogP contribution is -2.31. The van der Waals surface area contributed by atoms with Gasteiger partial charge >= 0.3 is 0 Å². The molecule has 1 N–H and O–H groups in total. The zero-order valence-electron chi connectivity index (χ0n) is 18.5. The second-order valence-corrected chi connectivity index (χ2v) is 8.56. The van der Waals surface area contributed by atoms with E-state index in [1.807, 2.05) is 0 Å². The second-order valence-electron chi connectivity index (χ2n) is 8.12. The Morgan fingerprint density at radius 3 is 2.34 bits per heavy atom. The molecule has 7 heteroatoms. The van der Waals surface area contributed by atoms with Crippen molar-refractivity contribution < 1.29 is 24.2 Å². The summed E-state index contributed by atoms with van der Waals surface area (Å²) in [5, 5.41) is 11.6. The minimum absolute atomic E-state index is 0.0607. The van der Waals surface area contributed by atoms with Crippen LogP contribution in [0.25, 0.3) is 5.76 Å². The number of aliphatic hydroxyl groups is 1. The Labute approximate surface area is 193 Å². The number of hydrogen-bond donors (Lipinski definition) is 1. The first-order valence-corrected chi connectivity index (χ1v) is 11.0. The number of nitrogens with zero attached hydrogens (tertiary/aromatic N) is 1. The highest BCUT2D eigenvalue weighted by Crippen LogP contribution is 2.39. The van der Waals surface area contributed by atoms with E-state index >= 15 is 0 Å². The summed E-state index contributed by atoms with van der Waals surface area (Å²) < 4.78 is 10.8. The third-order valence-electron chi connectivity index (χ3n) is 5.18. The summed E-state index contributed by atoms with van der Waals surface area (Å²) in [5.74, 6) is -0.506. The van der Waals surface area contributed by atoms with E-state index in [9.17, 15) is 14.7 Å². The van der Waals surface area contributed by atoms with Crippen molar-refractivity contribution in [1.82, 2.24) is 4.90 Å². The van der Waals surface area contributed by atoms with Crippen molar-refractivity contribution in [2.75, 3.05) is 26.9 Å². The number of halogens is 1. The molecule has 2 aromatic rings. The molecule has 1 atom stereocenters. The fraction of sp³-hybridized carbons (Fsp3) is 0.360. The predicted octanol–water partition coefficient (Wildman–Crippen LogP) is 4.83. The van der Waals surface area contributed by atoms with Crippen molar-refractivity contribution in [2.24, 2.45) is 5.92 Å². The molecule has 1 heterocycles. The van der Waals surface area contributed by atoms with Gasteiger partial charge in [0.1, 0.15) is 11.5 Å². The fourth-order valence-corrected chi connectivity index (χ4v) is 3.73. The van der Waals surface area contributed by atoms with Crippen molar-refractivity contribution >= 4 is 29.1 Å². The highest BCUT2D eigenvalue weighted by Gasteiger charge is 2.45. The summed E-state index contributed by atoms with van der Waals surface area (Å²) in [5.41, 5.74) is 1.20. The Balaban J connectivity index is 2.00. The first kappa shape index (κ1) is 23.8. The van der Waals surface area contributed by atoms with Crippen LogP contribution in [-0.4, -0.2) is 48.6 Å². The van der Waals surface area contributed by atoms with Crippen molar-refractivity contribution in [3.8, 4) is 5.75 Å². The minimum Gasteiger partial charge on any atom is -0.507 e. The second kappa shape index (κ2) is 10.7. The van der Waals surface area contributed by atoms with Crippen LogP contribution in [0.2, 0.25) is 5.02 Å². The smallest absolute Gasteiger partial charge is 0.295 e. The molecule has 32 heavy (non-hydrogen) atoms. The number of hydrogen-bond acceptors (Lipinski definition) is 5. The van der Waals surface area contributed by atoms with E-state index in [0.717, 1.165) is 0 Å². The predicted molar refractivity (Wildman–Crippen MR) is 124 cm³/mol. The number of carbonyl (C=O) groups is 2. The summed E-state index contributed by atoms with van der Waals surface area (Å²) in [6.07, 6.45) is 0.565. The van der Waals surface area contributed by atoms with Crippen LogP contribution in [0.5, 0.6) is 5.75 Å². The molecular weight excluding hydrogens is 430 g/mol. The van der Waals surface area contributed by atoms with Gasteiger partial charge in [-0.3, -0.25) is 9.59 Å². The van der Waals surface area contributed by atoms with Crippen LogP contribution in [0.1, 0.15) is 37.4 Å². The molecule has 3 rings (SSSR count). The summed E-state index contributed by atoms with van der Waals surface area (Å²) in [7, 11) is 1.58. The molecule has 0 spiro atoms. The normalized spacial score (nSPS) is 17.9. The van der Waals surface area contributed by atoms with Gasteiger partial charge in [-0.15, -0.1) is 0 Å². The Morgan fingerprint density at radius 1 is 1.09 bits per heavy atom. The average molecular weight is 458 g/mol. The van der Waals surface area contributed by atoms with E-state index in [0.29, 0.717) is 54.0 Å². The van der Waals surface area contributed by atoms with Gasteiger partial charge in [0.05, 0.1) is 18.2 Å². The molecule has 1 unspecified atom stereocenters. The van der Waals surface area contributed by atoms with Gasteiger partial charge in [0.25, 0.3) is 11.7 Å². The van der Waals surface area contributed by atoms with E-state index < -0.39 is 17.7 Å². The zero-order valence-corrected chi connectivity index (χ0v) is 19.3. The number of aliphatic hydroxyl groups excluding tert-OH is 1. The quantitative estimate of drug-likeness (QED) is 0.252. The molecule has 0 aromatic heterocycles. The third kappa shape index (κ3) is 5.31. The molecule has 1 fully saturated rings. The number of ketones is 1. The average Bonchev–Trinajstić information content (AvgIpc) is 3.03. The van der Waals surface area contributed by atoms with Crippen molar-refractivity contribution in [3.05, 3.63) is 70.3 Å². The van der Waals surface area contributed by atoms with Crippen LogP contribution in [-0.2, 0) is 14.3 Å². The number of ether oxygens (including phenoxy) is 2. The lowest BCUT2D eigenvalue weighted by Gasteiger charge is -2.25. The van der Waals surface area contributed by atoms with Crippen LogP contribution < -0.4 is 4.74 Å². The maximum atomic E-state index is 13.0. The van der Waals surface area contributed by atoms with Gasteiger partial charge in [-0.1, -0.05) is 37.6 Å². The fourth-order valence-electron chi connectivity index (χ4n) is 3.61. The van der Waals surface area contributed by atoms with E-state index in [-0.39, 0.29) is 11.3 Å². The molecule has 1 amide bonds. The van der Waals surface area contributed by atoms with Crippen molar-refractivity contribution in [3.63, 3.8) is 0 Å². The molecule has 1 saturated heterocycles. The number of methoxy groups -OCH3 is 1. The van der Waals surface area contributed by atoms with Gasteiger partial charge in [0, 0.05) is 30.8 Å². The maximum Gasteiger partial charge on any atom is 0.295 e. The van der Waals surface area contributed by atoms with Crippen LogP contribution in [0.4, 0.5) is 0 Å². The summed E-state index contributed by atoms with van der Waals surface area (Å²) in [6, 6.07) is 13.1. The molecule has 0 aliphatic carbocycles. The van der Waals surface area contributed by atoms with E-state index in [4.69, 9.17) is 21.1 Å². The molecule has 0 radical (unpaired) electrons. The van der Waals surface area contributed by atoms with E-state index in [2.05, 4.69) is 13.8 Å². The zero-order chi connectivity index (χ0) is 23.3. The van der Waals surface area contributed by atoms with Crippen molar-refractivity contribution in [1.29, 1.82) is 0 Å². The van der Waals surface area contributed by atoms with Crippen LogP contribution >= 0.6 is 11.6 Å². The lowest BCUT2D eigenvalue weighted by molar-refractivity contribution is -0.140. The molecule has 1 aliphatic rings. The highest BCUT2D eigenvalue weighted by atomic mass is 35.5. The largest absolute Gasteiger partial charge is 0.507 e. The Hall–Kier alpha value is -2.83. The molecule has 170 valence electrons. The van der Waals surface area contributed by atoms with Gasteiger partial charge in [0.2, 0.25) is 0 Å². The molecule has 0 bridgehead atoms. The Morgan fingerprint density at radius 2 is 1.75 bits per heavy atom. The first-order chi connectivity index (χ1) is 15.3. The first-order valence-electron chi connectivity index (χ1n) is 10.6. The molecule has 2 aromatic carbocycles. The van der Waals surface area contributed by atoms with Crippen LogP contribution in [0, 0.1) is 5.92 Å². The molecular formula is C25H28ClNO5. The third-order valence-corrected chi connectivity index (χ3v) is 5.44. The summed E-state index contributed by atoms with van der Waals surface area (Å²) in [6.45, 7) is 5.47. The van der Waals surface area contributed by atoms with Crippen LogP contribution in [0.3, 0.4) is 0 Å². The van der Waals surface area contributed by atoms with Gasteiger partial charge in [-0.25, -0.2) is 0 Å². The van der Waals surface area contributed by atoms with Gasteiger partial charge in [0.15, 0.2) is 0 Å². The maximum absolute atomic E-state index is 13.0. The molecule has 0 saturated carbocycles. The van der Waals surface area contributed by atoms with Gasteiger partial charge in [-0.05, 0) is 54.3 Å². The number of rotatable bonds is 9. The Bertz CT molecular complexity index is 982. The highest BCUT2D eigenvalue weighted by molar-refractivity contribution is 6.46. The number of likely N-dealkylation sites (tertiary alicyclic amines) is 1. The van der Waals surface area contributed by atoms with E-state index in [1.54, 1.807) is 55.6 Å². The summed E-state index contributed by atoms with van der Waals surface area (Å²) >= 11 is 6.03. The summed E-state index contributed by atoms with van der Waals surface area (Å²) in [4.78, 5) is 27.3. The van der Waals surface area contributed by atoms with Crippen LogP contribution in [0.15, 0.2) is 54.1 Å². The van der Waals surface area contributed by atoms with Gasteiger partial charge in [-0.2, -0.15) is 0 Å². The topological polar surface area (TPSA) is 76.1 Å². The minimum atomic E-state index is -0.708. The standard InChI is InChI=1S/C25H28ClNO5/c1-16(2)15-32-20-11-7-18(8-12-20)23(28)21-22(17-5-9-19(26)10-6-17)27(13-4-14-31-3)25(30)24(21)29/h5-12,16,22,28H,4,13-15H2,1-3H3/b23-21+. The molecule has 6 nitrogen and oxygen atoms in total. The SMILES string of the molecule is COCCCN1C(=O)C(=O)/C(=C(/O)c2ccc(OCC(C)C)cc2)C1c1ccc(Cl)cc1. The van der Waals surface area contributed by atoms with Gasteiger partial charge < -0.3 is 19.5 Å².